The second kappa shape index (κ2) is 9.85. The molecule has 0 radical (unpaired) electrons. The average Bonchev–Trinajstić information content (AvgIpc) is 2.93. The number of hydrogen-bond acceptors (Lipinski definition) is 6. The Labute approximate surface area is 125 Å². The molecule has 1 aromatic heterocycles. The van der Waals surface area contributed by atoms with Crippen LogP contribution in [0.25, 0.3) is 0 Å². The number of aromatic nitrogens is 2. The van der Waals surface area contributed by atoms with Crippen molar-refractivity contribution in [1.29, 1.82) is 0 Å². The lowest BCUT2D eigenvalue weighted by atomic mass is 10.3. The Balaban J connectivity index is 2.38. The molecule has 21 heavy (non-hydrogen) atoms. The van der Waals surface area contributed by atoms with Crippen LogP contribution >= 0.6 is 0 Å². The lowest BCUT2D eigenvalue weighted by Gasteiger charge is -2.08. The summed E-state index contributed by atoms with van der Waals surface area (Å²) in [6, 6.07) is 0. The minimum absolute atomic E-state index is 0.115. The van der Waals surface area contributed by atoms with Gasteiger partial charge in [-0.15, -0.1) is 0 Å². The van der Waals surface area contributed by atoms with E-state index in [9.17, 15) is 8.42 Å². The van der Waals surface area contributed by atoms with Gasteiger partial charge >= 0.3 is 0 Å². The van der Waals surface area contributed by atoms with Crippen LogP contribution in [0.3, 0.4) is 0 Å². The summed E-state index contributed by atoms with van der Waals surface area (Å²) in [7, 11) is -1.96. The molecule has 0 amide bonds. The molecular weight excluding hydrogens is 296 g/mol. The van der Waals surface area contributed by atoms with E-state index in [0.717, 1.165) is 6.54 Å². The largest absolute Gasteiger partial charge is 0.382 e. The summed E-state index contributed by atoms with van der Waals surface area (Å²) in [5, 5.41) is 9.52. The number of sulfonamides is 1. The van der Waals surface area contributed by atoms with Crippen molar-refractivity contribution in [3.63, 3.8) is 0 Å². The van der Waals surface area contributed by atoms with Gasteiger partial charge in [0.2, 0.25) is 0 Å². The van der Waals surface area contributed by atoms with Gasteiger partial charge in [0, 0.05) is 32.4 Å². The second-order valence-corrected chi connectivity index (χ2v) is 6.06. The fourth-order valence-corrected chi connectivity index (χ4v) is 2.82. The molecule has 3 N–H and O–H groups in total. The van der Waals surface area contributed by atoms with Crippen LogP contribution in [0.5, 0.6) is 0 Å². The Morgan fingerprint density at radius 2 is 2.14 bits per heavy atom. The Bertz CT molecular complexity index is 489. The molecule has 0 bridgehead atoms. The first kappa shape index (κ1) is 18.1. The Morgan fingerprint density at radius 1 is 1.33 bits per heavy atom. The highest BCUT2D eigenvalue weighted by Gasteiger charge is 2.19. The van der Waals surface area contributed by atoms with E-state index < -0.39 is 10.0 Å². The van der Waals surface area contributed by atoms with Crippen LogP contribution in [0.2, 0.25) is 0 Å². The number of aromatic amines is 1. The summed E-state index contributed by atoms with van der Waals surface area (Å²) in [6.45, 7) is 5.02. The molecule has 1 aromatic rings. The van der Waals surface area contributed by atoms with Gasteiger partial charge in [-0.05, 0) is 13.0 Å². The number of hydrogen-bond donors (Lipinski definition) is 3. The van der Waals surface area contributed by atoms with Gasteiger partial charge in [0.25, 0.3) is 10.0 Å². The molecule has 0 atom stereocenters. The van der Waals surface area contributed by atoms with E-state index in [1.165, 1.54) is 6.20 Å². The van der Waals surface area contributed by atoms with Crippen LogP contribution in [0.1, 0.15) is 18.9 Å². The van der Waals surface area contributed by atoms with Gasteiger partial charge in [-0.25, -0.2) is 13.1 Å². The number of rotatable bonds is 12. The first-order valence-corrected chi connectivity index (χ1v) is 8.39. The van der Waals surface area contributed by atoms with Crippen molar-refractivity contribution in [2.24, 2.45) is 0 Å². The second-order valence-electron chi connectivity index (χ2n) is 4.36. The number of ether oxygens (including phenoxy) is 2. The van der Waals surface area contributed by atoms with Crippen molar-refractivity contribution in [2.45, 2.75) is 24.9 Å². The molecule has 1 heterocycles. The molecule has 1 rings (SSSR count). The van der Waals surface area contributed by atoms with E-state index >= 15 is 0 Å². The minimum atomic E-state index is -3.56. The minimum Gasteiger partial charge on any atom is -0.382 e. The van der Waals surface area contributed by atoms with Crippen molar-refractivity contribution in [3.8, 4) is 0 Å². The third-order valence-electron chi connectivity index (χ3n) is 2.70. The fourth-order valence-electron chi connectivity index (χ4n) is 1.61. The van der Waals surface area contributed by atoms with E-state index in [-0.39, 0.29) is 5.03 Å². The number of methoxy groups -OCH3 is 1. The molecule has 0 spiro atoms. The zero-order chi connectivity index (χ0) is 15.6. The third-order valence-corrected chi connectivity index (χ3v) is 4.18. The summed E-state index contributed by atoms with van der Waals surface area (Å²) < 4.78 is 36.9. The highest BCUT2D eigenvalue weighted by Crippen LogP contribution is 2.11. The van der Waals surface area contributed by atoms with Crippen molar-refractivity contribution in [2.75, 3.05) is 40.0 Å². The monoisotopic (exact) mass is 320 g/mol. The van der Waals surface area contributed by atoms with Crippen molar-refractivity contribution in [1.82, 2.24) is 20.2 Å². The summed E-state index contributed by atoms with van der Waals surface area (Å²) in [4.78, 5) is 0. The topological polar surface area (TPSA) is 105 Å². The molecule has 0 aromatic carbocycles. The van der Waals surface area contributed by atoms with Gasteiger partial charge in [0.15, 0.2) is 5.03 Å². The third kappa shape index (κ3) is 6.53. The maximum atomic E-state index is 12.1. The standard InChI is InChI=1S/C12H24N4O4S/c1-3-13-9-11-10-14-16-12(11)21(17,18)15-5-4-6-20-8-7-19-2/h10,13,15H,3-9H2,1-2H3,(H,14,16). The Kier molecular flexibility index (Phi) is 8.47. The normalized spacial score (nSPS) is 11.9. The van der Waals surface area contributed by atoms with Crippen LogP contribution < -0.4 is 10.0 Å². The van der Waals surface area contributed by atoms with E-state index in [1.54, 1.807) is 7.11 Å². The fraction of sp³-hybridized carbons (Fsp3) is 0.750. The van der Waals surface area contributed by atoms with Crippen LogP contribution in [0.15, 0.2) is 11.2 Å². The van der Waals surface area contributed by atoms with Crippen LogP contribution in [-0.4, -0.2) is 58.6 Å². The van der Waals surface area contributed by atoms with Crippen molar-refractivity contribution < 1.29 is 17.9 Å². The molecule has 0 aliphatic rings. The predicted molar refractivity (Wildman–Crippen MR) is 78.5 cm³/mol. The highest BCUT2D eigenvalue weighted by atomic mass is 32.2. The molecule has 8 nitrogen and oxygen atoms in total. The van der Waals surface area contributed by atoms with Gasteiger partial charge < -0.3 is 14.8 Å². The first-order chi connectivity index (χ1) is 10.1. The van der Waals surface area contributed by atoms with Crippen LogP contribution in [0, 0.1) is 0 Å². The number of nitrogens with one attached hydrogen (secondary N) is 3. The average molecular weight is 320 g/mol. The summed E-state index contributed by atoms with van der Waals surface area (Å²) >= 11 is 0. The van der Waals surface area contributed by atoms with Crippen LogP contribution in [-0.2, 0) is 26.0 Å². The zero-order valence-corrected chi connectivity index (χ0v) is 13.3. The van der Waals surface area contributed by atoms with E-state index in [1.807, 2.05) is 6.92 Å². The van der Waals surface area contributed by atoms with Gasteiger partial charge in [-0.1, -0.05) is 6.92 Å². The van der Waals surface area contributed by atoms with E-state index in [4.69, 9.17) is 9.47 Å². The molecule has 0 saturated heterocycles. The first-order valence-electron chi connectivity index (χ1n) is 6.91. The number of H-pyrrole nitrogens is 1. The number of nitrogens with zero attached hydrogens (tertiary/aromatic N) is 1. The quantitative estimate of drug-likeness (QED) is 0.463. The summed E-state index contributed by atoms with van der Waals surface area (Å²) in [5.41, 5.74) is 0.626. The molecule has 0 saturated carbocycles. The molecule has 122 valence electrons. The van der Waals surface area contributed by atoms with Gasteiger partial charge in [0.05, 0.1) is 19.4 Å². The van der Waals surface area contributed by atoms with Gasteiger partial charge in [-0.3, -0.25) is 5.10 Å². The summed E-state index contributed by atoms with van der Waals surface area (Å²) in [6.07, 6.45) is 2.12. The lowest BCUT2D eigenvalue weighted by molar-refractivity contribution is 0.0699. The zero-order valence-electron chi connectivity index (χ0n) is 12.5. The Hall–Kier alpha value is -1.00. The summed E-state index contributed by atoms with van der Waals surface area (Å²) in [5.74, 6) is 0. The molecule has 9 heteroatoms. The van der Waals surface area contributed by atoms with Gasteiger partial charge in [-0.2, -0.15) is 5.10 Å². The van der Waals surface area contributed by atoms with Crippen LogP contribution in [0.4, 0.5) is 0 Å². The molecule has 0 fully saturated rings. The van der Waals surface area contributed by atoms with Crippen molar-refractivity contribution in [3.05, 3.63) is 11.8 Å². The molecule has 0 unspecified atom stereocenters. The maximum absolute atomic E-state index is 12.1. The van der Waals surface area contributed by atoms with Gasteiger partial charge in [0.1, 0.15) is 0 Å². The van der Waals surface area contributed by atoms with E-state index in [2.05, 4.69) is 20.2 Å². The van der Waals surface area contributed by atoms with E-state index in [0.29, 0.717) is 44.9 Å². The lowest BCUT2D eigenvalue weighted by Crippen LogP contribution is -2.27. The Morgan fingerprint density at radius 3 is 2.86 bits per heavy atom. The molecule has 0 aliphatic heterocycles. The molecule has 0 aliphatic carbocycles. The SMILES string of the molecule is CCNCc1cn[nH]c1S(=O)(=O)NCCCOCCOC. The smallest absolute Gasteiger partial charge is 0.257 e. The molecular formula is C12H24N4O4S. The van der Waals surface area contributed by atoms with Crippen molar-refractivity contribution >= 4 is 10.0 Å². The highest BCUT2D eigenvalue weighted by molar-refractivity contribution is 7.89. The predicted octanol–water partition coefficient (Wildman–Crippen LogP) is -0.149. The maximum Gasteiger partial charge on any atom is 0.257 e.